The molecule has 3 aliphatic rings. The number of amides is 1. The first-order valence-electron chi connectivity index (χ1n) is 11.7. The Kier molecular flexibility index (Phi) is 5.86. The average molecular weight is 440 g/mol. The predicted molar refractivity (Wildman–Crippen MR) is 119 cm³/mol. The number of fused-ring (bicyclic) bond motifs is 4. The highest BCUT2D eigenvalue weighted by atomic mass is 19.1. The molecule has 0 spiro atoms. The van der Waals surface area contributed by atoms with Crippen LogP contribution < -0.4 is 16.2 Å². The zero-order valence-corrected chi connectivity index (χ0v) is 18.1. The molecule has 2 aliphatic heterocycles. The van der Waals surface area contributed by atoms with E-state index in [1.54, 1.807) is 28.8 Å². The average Bonchev–Trinajstić information content (AvgIpc) is 3.12. The van der Waals surface area contributed by atoms with Gasteiger partial charge in [0.05, 0.1) is 17.5 Å². The first-order chi connectivity index (χ1) is 15.6. The lowest BCUT2D eigenvalue weighted by atomic mass is 9.85. The van der Waals surface area contributed by atoms with Crippen molar-refractivity contribution in [3.05, 3.63) is 58.3 Å². The zero-order valence-electron chi connectivity index (χ0n) is 18.1. The van der Waals surface area contributed by atoms with E-state index in [1.807, 2.05) is 6.07 Å². The maximum atomic E-state index is 14.3. The van der Waals surface area contributed by atoms with Crippen molar-refractivity contribution in [3.8, 4) is 11.1 Å². The molecule has 1 saturated heterocycles. The molecule has 170 valence electrons. The number of nitrogens with one attached hydrogen (secondary N) is 2. The lowest BCUT2D eigenvalue weighted by molar-refractivity contribution is -0.127. The second kappa shape index (κ2) is 8.79. The molecular weight excluding hydrogens is 409 g/mol. The van der Waals surface area contributed by atoms with E-state index >= 15 is 0 Å². The first kappa shape index (κ1) is 21.3. The third-order valence-electron chi connectivity index (χ3n) is 7.60. The lowest BCUT2D eigenvalue weighted by Gasteiger charge is -2.28. The van der Waals surface area contributed by atoms with Gasteiger partial charge in [-0.1, -0.05) is 37.5 Å². The summed E-state index contributed by atoms with van der Waals surface area (Å²) in [6.45, 7) is 0.896. The van der Waals surface area contributed by atoms with Gasteiger partial charge < -0.3 is 20.3 Å². The molecule has 3 heterocycles. The number of aliphatic hydroxyl groups is 1. The van der Waals surface area contributed by atoms with Gasteiger partial charge >= 0.3 is 0 Å². The van der Waals surface area contributed by atoms with Crippen molar-refractivity contribution in [3.63, 3.8) is 0 Å². The summed E-state index contributed by atoms with van der Waals surface area (Å²) in [5.74, 6) is -0.695. The van der Waals surface area contributed by atoms with E-state index in [1.165, 1.54) is 25.3 Å². The Hall–Kier alpha value is -2.51. The summed E-state index contributed by atoms with van der Waals surface area (Å²) >= 11 is 0. The summed E-state index contributed by atoms with van der Waals surface area (Å²) in [5.41, 5.74) is 1.05. The third kappa shape index (κ3) is 3.67. The molecule has 0 radical (unpaired) electrons. The van der Waals surface area contributed by atoms with Crippen molar-refractivity contribution in [1.82, 2.24) is 15.2 Å². The SMILES string of the molecule is O=C(NCC1CCCCC1)[C@H]1[C@H](CO)[C@H]2Cn3c(ccc(-c4ccccc4F)c3=O)[C@@H]1N2. The molecule has 7 heteroatoms. The van der Waals surface area contributed by atoms with Gasteiger partial charge in [0.2, 0.25) is 5.91 Å². The maximum absolute atomic E-state index is 14.3. The summed E-state index contributed by atoms with van der Waals surface area (Å²) in [4.78, 5) is 26.5. The molecular formula is C25H30FN3O3. The molecule has 1 aromatic carbocycles. The summed E-state index contributed by atoms with van der Waals surface area (Å²) < 4.78 is 16.0. The number of aromatic nitrogens is 1. The van der Waals surface area contributed by atoms with Crippen LogP contribution in [0.15, 0.2) is 41.2 Å². The van der Waals surface area contributed by atoms with Gasteiger partial charge in [-0.3, -0.25) is 9.59 Å². The molecule has 6 nitrogen and oxygen atoms in total. The van der Waals surface area contributed by atoms with Gasteiger partial charge in [0.1, 0.15) is 5.82 Å². The molecule has 5 rings (SSSR count). The Morgan fingerprint density at radius 2 is 1.91 bits per heavy atom. The molecule has 0 unspecified atom stereocenters. The van der Waals surface area contributed by atoms with Gasteiger partial charge in [-0.2, -0.15) is 0 Å². The fourth-order valence-corrected chi connectivity index (χ4v) is 5.89. The molecule has 4 atom stereocenters. The zero-order chi connectivity index (χ0) is 22.2. The van der Waals surface area contributed by atoms with Gasteiger partial charge in [-0.15, -0.1) is 0 Å². The molecule has 3 N–H and O–H groups in total. The van der Waals surface area contributed by atoms with Crippen LogP contribution in [0, 0.1) is 23.6 Å². The van der Waals surface area contributed by atoms with Crippen LogP contribution in [0.2, 0.25) is 0 Å². The van der Waals surface area contributed by atoms with Crippen LogP contribution in [0.1, 0.15) is 43.8 Å². The Balaban J connectivity index is 1.43. The molecule has 2 fully saturated rings. The number of carbonyl (C=O) groups excluding carboxylic acids is 1. The first-order valence-corrected chi connectivity index (χ1v) is 11.7. The summed E-state index contributed by atoms with van der Waals surface area (Å²) in [7, 11) is 0. The summed E-state index contributed by atoms with van der Waals surface area (Å²) in [6.07, 6.45) is 6.01. The molecule has 1 aromatic heterocycles. The minimum absolute atomic E-state index is 0.0614. The van der Waals surface area contributed by atoms with Gasteiger partial charge in [-0.25, -0.2) is 4.39 Å². The lowest BCUT2D eigenvalue weighted by Crippen LogP contribution is -2.43. The Morgan fingerprint density at radius 1 is 1.12 bits per heavy atom. The minimum Gasteiger partial charge on any atom is -0.396 e. The maximum Gasteiger partial charge on any atom is 0.258 e. The van der Waals surface area contributed by atoms with E-state index in [-0.39, 0.29) is 41.6 Å². The van der Waals surface area contributed by atoms with Crippen molar-refractivity contribution >= 4 is 5.91 Å². The molecule has 1 saturated carbocycles. The highest BCUT2D eigenvalue weighted by Crippen LogP contribution is 2.41. The Bertz CT molecular complexity index is 1060. The van der Waals surface area contributed by atoms with Crippen LogP contribution in [0.3, 0.4) is 0 Å². The quantitative estimate of drug-likeness (QED) is 0.669. The third-order valence-corrected chi connectivity index (χ3v) is 7.60. The second-order valence-corrected chi connectivity index (χ2v) is 9.44. The topological polar surface area (TPSA) is 83.4 Å². The molecule has 1 amide bonds. The molecule has 1 aliphatic carbocycles. The summed E-state index contributed by atoms with van der Waals surface area (Å²) in [5, 5.41) is 16.7. The fourth-order valence-electron chi connectivity index (χ4n) is 5.89. The number of pyridine rings is 1. The Labute approximate surface area is 186 Å². The monoisotopic (exact) mass is 439 g/mol. The van der Waals surface area contributed by atoms with Crippen molar-refractivity contribution in [2.75, 3.05) is 13.2 Å². The smallest absolute Gasteiger partial charge is 0.258 e. The number of nitrogens with zero attached hydrogens (tertiary/aromatic N) is 1. The largest absolute Gasteiger partial charge is 0.396 e. The van der Waals surface area contributed by atoms with Gasteiger partial charge in [-0.05, 0) is 37.0 Å². The number of benzene rings is 1. The van der Waals surface area contributed by atoms with Crippen LogP contribution in [-0.2, 0) is 11.3 Å². The van der Waals surface area contributed by atoms with Crippen LogP contribution >= 0.6 is 0 Å². The van der Waals surface area contributed by atoms with E-state index in [2.05, 4.69) is 10.6 Å². The van der Waals surface area contributed by atoms with E-state index in [4.69, 9.17) is 0 Å². The van der Waals surface area contributed by atoms with Crippen molar-refractivity contribution in [1.29, 1.82) is 0 Å². The summed E-state index contributed by atoms with van der Waals surface area (Å²) in [6, 6.07) is 9.20. The number of hydrogen-bond donors (Lipinski definition) is 3. The van der Waals surface area contributed by atoms with E-state index in [9.17, 15) is 19.1 Å². The molecule has 2 aromatic rings. The second-order valence-electron chi connectivity index (χ2n) is 9.44. The van der Waals surface area contributed by atoms with Gasteiger partial charge in [0, 0.05) is 42.9 Å². The van der Waals surface area contributed by atoms with E-state index < -0.39 is 11.7 Å². The Morgan fingerprint density at radius 3 is 2.66 bits per heavy atom. The van der Waals surface area contributed by atoms with Crippen molar-refractivity contribution in [2.24, 2.45) is 17.8 Å². The highest BCUT2D eigenvalue weighted by Gasteiger charge is 2.50. The van der Waals surface area contributed by atoms with E-state index in [0.717, 1.165) is 18.5 Å². The van der Waals surface area contributed by atoms with Crippen LogP contribution in [-0.4, -0.2) is 34.8 Å². The minimum atomic E-state index is -0.443. The number of rotatable bonds is 5. The van der Waals surface area contributed by atoms with Crippen LogP contribution in [0.5, 0.6) is 0 Å². The van der Waals surface area contributed by atoms with Gasteiger partial charge in [0.15, 0.2) is 0 Å². The molecule has 2 bridgehead atoms. The van der Waals surface area contributed by atoms with Gasteiger partial charge in [0.25, 0.3) is 5.56 Å². The number of hydrogen-bond acceptors (Lipinski definition) is 4. The van der Waals surface area contributed by atoms with Crippen LogP contribution in [0.25, 0.3) is 11.1 Å². The number of carbonyl (C=O) groups is 1. The normalized spacial score (nSPS) is 27.2. The van der Waals surface area contributed by atoms with Crippen molar-refractivity contribution < 1.29 is 14.3 Å². The fraction of sp³-hybridized carbons (Fsp3) is 0.520. The number of aliphatic hydroxyl groups excluding tert-OH is 1. The van der Waals surface area contributed by atoms with E-state index in [0.29, 0.717) is 24.6 Å². The predicted octanol–water partition coefficient (Wildman–Crippen LogP) is 2.60. The molecule has 32 heavy (non-hydrogen) atoms. The number of halogens is 1. The standard InChI is InChI=1S/C25H30FN3O3/c26-19-9-5-4-8-16(19)17-10-11-21-23-22(24(31)27-12-15-6-2-1-3-7-15)18(14-30)20(28-23)13-29(21)25(17)32/h4-5,8-11,15,18,20,22-23,28,30H,1-3,6-7,12-14H2,(H,27,31)/t18-,20-,22+,23+/m1/s1. The van der Waals surface area contributed by atoms with Crippen molar-refractivity contribution in [2.45, 2.75) is 50.7 Å². The highest BCUT2D eigenvalue weighted by molar-refractivity contribution is 5.80. The van der Waals surface area contributed by atoms with Crippen LogP contribution in [0.4, 0.5) is 4.39 Å².